The average molecular weight is 324 g/mol. The van der Waals surface area contributed by atoms with Gasteiger partial charge in [-0.25, -0.2) is 0 Å². The summed E-state index contributed by atoms with van der Waals surface area (Å²) in [5, 5.41) is 0.553. The fourth-order valence-corrected chi connectivity index (χ4v) is 2.47. The third kappa shape index (κ3) is 3.01. The van der Waals surface area contributed by atoms with E-state index in [1.807, 2.05) is 43.3 Å². The highest BCUT2D eigenvalue weighted by Gasteiger charge is 2.12. The average Bonchev–Trinajstić information content (AvgIpc) is 2.32. The van der Waals surface area contributed by atoms with E-state index >= 15 is 0 Å². The highest BCUT2D eigenvalue weighted by Crippen LogP contribution is 2.22. The summed E-state index contributed by atoms with van der Waals surface area (Å²) in [5.41, 5.74) is 2.50. The van der Waals surface area contributed by atoms with E-state index < -0.39 is 0 Å². The number of hydrogen-bond acceptors (Lipinski definition) is 1. The number of rotatable bonds is 3. The Bertz CT molecular complexity index is 593. The van der Waals surface area contributed by atoms with Crippen LogP contribution in [-0.4, -0.2) is 5.78 Å². The molecule has 0 fully saturated rings. The Hall–Kier alpha value is -1.12. The quantitative estimate of drug-likeness (QED) is 0.739. The number of hydrogen-bond donors (Lipinski definition) is 0. The standard InChI is InChI=1S/C15H12BrClO/c1-10-4-2-7-13(15(10)17)14(18)9-11-5-3-6-12(16)8-11/h2-8H,9H2,1H3. The highest BCUT2D eigenvalue weighted by atomic mass is 79.9. The molecule has 0 aliphatic carbocycles. The molecule has 0 atom stereocenters. The minimum atomic E-state index is 0.0433. The number of ketones is 1. The van der Waals surface area contributed by atoms with Gasteiger partial charge in [-0.2, -0.15) is 0 Å². The lowest BCUT2D eigenvalue weighted by molar-refractivity contribution is 0.0993. The van der Waals surface area contributed by atoms with E-state index in [2.05, 4.69) is 15.9 Å². The SMILES string of the molecule is Cc1cccc(C(=O)Cc2cccc(Br)c2)c1Cl. The Morgan fingerprint density at radius 1 is 1.22 bits per heavy atom. The van der Waals surface area contributed by atoms with Crippen LogP contribution in [0.1, 0.15) is 21.5 Å². The number of benzene rings is 2. The van der Waals surface area contributed by atoms with Gasteiger partial charge in [-0.15, -0.1) is 0 Å². The molecule has 0 N–H and O–H groups in total. The molecular formula is C15H12BrClO. The van der Waals surface area contributed by atoms with Gasteiger partial charge in [0, 0.05) is 16.5 Å². The lowest BCUT2D eigenvalue weighted by Gasteiger charge is -2.06. The lowest BCUT2D eigenvalue weighted by Crippen LogP contribution is -2.05. The predicted octanol–water partition coefficient (Wildman–Crippen LogP) is 4.84. The van der Waals surface area contributed by atoms with Crippen LogP contribution in [0.3, 0.4) is 0 Å². The van der Waals surface area contributed by atoms with Crippen molar-refractivity contribution in [3.63, 3.8) is 0 Å². The first-order valence-electron chi connectivity index (χ1n) is 5.60. The third-order valence-corrected chi connectivity index (χ3v) is 3.74. The monoisotopic (exact) mass is 322 g/mol. The molecule has 0 unspecified atom stereocenters. The molecule has 0 heterocycles. The summed E-state index contributed by atoms with van der Waals surface area (Å²) < 4.78 is 0.975. The fourth-order valence-electron chi connectivity index (χ4n) is 1.79. The maximum absolute atomic E-state index is 12.2. The van der Waals surface area contributed by atoms with Crippen molar-refractivity contribution in [1.29, 1.82) is 0 Å². The molecule has 0 bridgehead atoms. The zero-order valence-corrected chi connectivity index (χ0v) is 12.3. The minimum absolute atomic E-state index is 0.0433. The van der Waals surface area contributed by atoms with Crippen LogP contribution in [0.4, 0.5) is 0 Å². The molecule has 2 aromatic rings. The van der Waals surface area contributed by atoms with E-state index in [1.54, 1.807) is 6.07 Å². The molecule has 0 aliphatic rings. The van der Waals surface area contributed by atoms with Gasteiger partial charge in [0.05, 0.1) is 5.02 Å². The first-order valence-corrected chi connectivity index (χ1v) is 6.78. The molecule has 0 spiro atoms. The van der Waals surface area contributed by atoms with Gasteiger partial charge in [0.25, 0.3) is 0 Å². The Kier molecular flexibility index (Phi) is 4.20. The smallest absolute Gasteiger partial charge is 0.168 e. The molecule has 92 valence electrons. The number of carbonyl (C=O) groups is 1. The Morgan fingerprint density at radius 3 is 2.67 bits per heavy atom. The molecule has 2 aromatic carbocycles. The zero-order valence-electron chi connectivity index (χ0n) is 9.91. The summed E-state index contributed by atoms with van der Waals surface area (Å²) in [4.78, 5) is 12.2. The molecule has 0 aliphatic heterocycles. The molecule has 0 saturated heterocycles. The topological polar surface area (TPSA) is 17.1 Å². The summed E-state index contributed by atoms with van der Waals surface area (Å²) in [6, 6.07) is 13.3. The fraction of sp³-hybridized carbons (Fsp3) is 0.133. The van der Waals surface area contributed by atoms with Gasteiger partial charge in [0.1, 0.15) is 0 Å². The second-order valence-electron chi connectivity index (χ2n) is 4.17. The molecule has 3 heteroatoms. The van der Waals surface area contributed by atoms with E-state index in [4.69, 9.17) is 11.6 Å². The second-order valence-corrected chi connectivity index (χ2v) is 5.46. The van der Waals surface area contributed by atoms with Gasteiger partial charge in [0.2, 0.25) is 0 Å². The number of carbonyl (C=O) groups excluding carboxylic acids is 1. The Morgan fingerprint density at radius 2 is 1.94 bits per heavy atom. The van der Waals surface area contributed by atoms with Crippen molar-refractivity contribution in [1.82, 2.24) is 0 Å². The van der Waals surface area contributed by atoms with Crippen LogP contribution in [0, 0.1) is 6.92 Å². The summed E-state index contributed by atoms with van der Waals surface area (Å²) in [6.07, 6.45) is 0.364. The van der Waals surface area contributed by atoms with Crippen molar-refractivity contribution in [2.75, 3.05) is 0 Å². The van der Waals surface area contributed by atoms with Crippen molar-refractivity contribution in [2.24, 2.45) is 0 Å². The van der Waals surface area contributed by atoms with Crippen LogP contribution in [0.25, 0.3) is 0 Å². The summed E-state index contributed by atoms with van der Waals surface area (Å²) in [5.74, 6) is 0.0433. The normalized spacial score (nSPS) is 10.4. The van der Waals surface area contributed by atoms with Gasteiger partial charge in [0.15, 0.2) is 5.78 Å². The maximum Gasteiger partial charge on any atom is 0.168 e. The van der Waals surface area contributed by atoms with E-state index in [9.17, 15) is 4.79 Å². The first-order chi connectivity index (χ1) is 8.58. The largest absolute Gasteiger partial charge is 0.294 e. The maximum atomic E-state index is 12.2. The van der Waals surface area contributed by atoms with Gasteiger partial charge in [-0.1, -0.05) is 51.8 Å². The van der Waals surface area contributed by atoms with Crippen molar-refractivity contribution in [3.05, 3.63) is 68.7 Å². The molecule has 18 heavy (non-hydrogen) atoms. The summed E-state index contributed by atoms with van der Waals surface area (Å²) in [6.45, 7) is 1.90. The van der Waals surface area contributed by atoms with Crippen LogP contribution in [0.5, 0.6) is 0 Å². The second kappa shape index (κ2) is 5.68. The van der Waals surface area contributed by atoms with Crippen LogP contribution in [0.15, 0.2) is 46.9 Å². The summed E-state index contributed by atoms with van der Waals surface area (Å²) >= 11 is 9.55. The summed E-state index contributed by atoms with van der Waals surface area (Å²) in [7, 11) is 0. The first kappa shape index (κ1) is 13.3. The molecule has 0 saturated carbocycles. The van der Waals surface area contributed by atoms with Crippen molar-refractivity contribution in [2.45, 2.75) is 13.3 Å². The van der Waals surface area contributed by atoms with E-state index in [0.29, 0.717) is 17.0 Å². The Labute approximate surface area is 120 Å². The third-order valence-electron chi connectivity index (χ3n) is 2.75. The highest BCUT2D eigenvalue weighted by molar-refractivity contribution is 9.10. The van der Waals surface area contributed by atoms with Crippen molar-refractivity contribution in [3.8, 4) is 0 Å². The van der Waals surface area contributed by atoms with Crippen LogP contribution < -0.4 is 0 Å². The van der Waals surface area contributed by atoms with Gasteiger partial charge in [-0.05, 0) is 36.2 Å². The predicted molar refractivity (Wildman–Crippen MR) is 78.4 cm³/mol. The van der Waals surface area contributed by atoms with Gasteiger partial charge >= 0.3 is 0 Å². The van der Waals surface area contributed by atoms with Gasteiger partial charge in [-0.3, -0.25) is 4.79 Å². The van der Waals surface area contributed by atoms with Gasteiger partial charge < -0.3 is 0 Å². The van der Waals surface area contributed by atoms with E-state index in [-0.39, 0.29) is 5.78 Å². The van der Waals surface area contributed by atoms with Crippen LogP contribution in [0.2, 0.25) is 5.02 Å². The lowest BCUT2D eigenvalue weighted by atomic mass is 10.0. The van der Waals surface area contributed by atoms with E-state index in [1.165, 1.54) is 0 Å². The number of aryl methyl sites for hydroxylation is 1. The molecular weight excluding hydrogens is 312 g/mol. The molecule has 0 radical (unpaired) electrons. The van der Waals surface area contributed by atoms with Crippen molar-refractivity contribution >= 4 is 33.3 Å². The van der Waals surface area contributed by atoms with Crippen LogP contribution in [-0.2, 0) is 6.42 Å². The molecule has 1 nitrogen and oxygen atoms in total. The molecule has 0 aromatic heterocycles. The molecule has 0 amide bonds. The minimum Gasteiger partial charge on any atom is -0.294 e. The van der Waals surface area contributed by atoms with E-state index in [0.717, 1.165) is 15.6 Å². The Balaban J connectivity index is 2.25. The number of halogens is 2. The molecule has 2 rings (SSSR count). The van der Waals surface area contributed by atoms with Crippen LogP contribution >= 0.6 is 27.5 Å². The number of Topliss-reactive ketones (excluding diaryl/α,β-unsaturated/α-hetero) is 1. The zero-order chi connectivity index (χ0) is 13.1. The van der Waals surface area contributed by atoms with Crippen molar-refractivity contribution < 1.29 is 4.79 Å².